The van der Waals surface area contributed by atoms with Crippen molar-refractivity contribution in [2.24, 2.45) is 5.92 Å². The first-order valence-corrected chi connectivity index (χ1v) is 12.7. The van der Waals surface area contributed by atoms with Gasteiger partial charge in [0.1, 0.15) is 5.82 Å². The molecule has 2 aliphatic rings. The molecule has 2 aromatic rings. The summed E-state index contributed by atoms with van der Waals surface area (Å²) in [6, 6.07) is 2.40. The van der Waals surface area contributed by atoms with Crippen LogP contribution in [-0.2, 0) is 37.4 Å². The number of amides is 1. The van der Waals surface area contributed by atoms with Crippen molar-refractivity contribution in [1.82, 2.24) is 29.9 Å². The number of nitrogens with one attached hydrogen (secondary N) is 1. The maximum Gasteiger partial charge on any atom is 0.223 e. The van der Waals surface area contributed by atoms with Gasteiger partial charge in [0, 0.05) is 49.9 Å². The van der Waals surface area contributed by atoms with Gasteiger partial charge in [0.2, 0.25) is 5.91 Å². The number of carbonyl (C=O) groups excluding carboxylic acids is 1. The molecule has 1 N–H and O–H groups in total. The molecule has 0 bridgehead atoms. The molecule has 2 aliphatic heterocycles. The minimum atomic E-state index is 0.0348. The SMILES string of the molecule is CCC(C)C(=O)NCc1nnc2n1CCN(Cc1cc(CN3CCCCC3)cs1)CC2. The van der Waals surface area contributed by atoms with Gasteiger partial charge in [-0.15, -0.1) is 21.5 Å². The lowest BCUT2D eigenvalue weighted by molar-refractivity contribution is -0.124. The van der Waals surface area contributed by atoms with Gasteiger partial charge in [-0.3, -0.25) is 14.6 Å². The van der Waals surface area contributed by atoms with Crippen molar-refractivity contribution in [2.75, 3.05) is 26.2 Å². The Kier molecular flexibility index (Phi) is 7.74. The number of piperidine rings is 1. The first-order valence-electron chi connectivity index (χ1n) is 11.8. The fourth-order valence-electron chi connectivity index (χ4n) is 4.43. The number of likely N-dealkylation sites (tertiary alicyclic amines) is 1. The van der Waals surface area contributed by atoms with Gasteiger partial charge < -0.3 is 9.88 Å². The summed E-state index contributed by atoms with van der Waals surface area (Å²) in [6.07, 6.45) is 5.83. The average molecular weight is 445 g/mol. The molecule has 0 aromatic carbocycles. The Balaban J connectivity index is 1.29. The molecule has 4 heterocycles. The molecular formula is C23H36N6OS. The topological polar surface area (TPSA) is 66.3 Å². The number of carbonyl (C=O) groups is 1. The van der Waals surface area contributed by atoms with Gasteiger partial charge in [-0.2, -0.15) is 0 Å². The van der Waals surface area contributed by atoms with E-state index in [9.17, 15) is 4.79 Å². The summed E-state index contributed by atoms with van der Waals surface area (Å²) in [5.41, 5.74) is 1.47. The van der Waals surface area contributed by atoms with E-state index in [1.54, 1.807) is 0 Å². The molecular weight excluding hydrogens is 408 g/mol. The molecule has 0 radical (unpaired) electrons. The van der Waals surface area contributed by atoms with E-state index in [2.05, 4.69) is 41.3 Å². The summed E-state index contributed by atoms with van der Waals surface area (Å²) in [5.74, 6) is 2.03. The molecule has 1 unspecified atom stereocenters. The summed E-state index contributed by atoms with van der Waals surface area (Å²) in [6.45, 7) is 11.9. The highest BCUT2D eigenvalue weighted by atomic mass is 32.1. The summed E-state index contributed by atoms with van der Waals surface area (Å²) in [5, 5.41) is 14.1. The molecule has 8 heteroatoms. The smallest absolute Gasteiger partial charge is 0.223 e. The highest BCUT2D eigenvalue weighted by Gasteiger charge is 2.20. The third-order valence-electron chi connectivity index (χ3n) is 6.62. The van der Waals surface area contributed by atoms with Gasteiger partial charge >= 0.3 is 0 Å². The van der Waals surface area contributed by atoms with E-state index >= 15 is 0 Å². The molecule has 1 amide bonds. The largest absolute Gasteiger partial charge is 0.349 e. The maximum absolute atomic E-state index is 12.1. The number of aromatic nitrogens is 3. The van der Waals surface area contributed by atoms with Crippen molar-refractivity contribution >= 4 is 17.2 Å². The second-order valence-electron chi connectivity index (χ2n) is 9.00. The zero-order valence-electron chi connectivity index (χ0n) is 19.0. The van der Waals surface area contributed by atoms with Crippen LogP contribution >= 0.6 is 11.3 Å². The van der Waals surface area contributed by atoms with E-state index in [-0.39, 0.29) is 11.8 Å². The van der Waals surface area contributed by atoms with Crippen LogP contribution in [0.4, 0.5) is 0 Å². The highest BCUT2D eigenvalue weighted by Crippen LogP contribution is 2.21. The van der Waals surface area contributed by atoms with E-state index in [1.807, 2.05) is 25.2 Å². The van der Waals surface area contributed by atoms with Gasteiger partial charge in [0.15, 0.2) is 5.82 Å². The van der Waals surface area contributed by atoms with Crippen molar-refractivity contribution in [2.45, 2.75) is 72.1 Å². The summed E-state index contributed by atoms with van der Waals surface area (Å²) < 4.78 is 2.20. The number of rotatable bonds is 8. The van der Waals surface area contributed by atoms with Gasteiger partial charge in [-0.05, 0) is 49.4 Å². The van der Waals surface area contributed by atoms with Crippen LogP contribution in [0.2, 0.25) is 0 Å². The Hall–Kier alpha value is -1.77. The van der Waals surface area contributed by atoms with Crippen LogP contribution in [-0.4, -0.2) is 56.7 Å². The van der Waals surface area contributed by atoms with E-state index in [0.717, 1.165) is 57.2 Å². The highest BCUT2D eigenvalue weighted by molar-refractivity contribution is 7.10. The van der Waals surface area contributed by atoms with Gasteiger partial charge in [-0.1, -0.05) is 20.3 Å². The molecule has 2 aromatic heterocycles. The van der Waals surface area contributed by atoms with E-state index in [4.69, 9.17) is 0 Å². The number of hydrogen-bond donors (Lipinski definition) is 1. The first kappa shape index (κ1) is 22.4. The van der Waals surface area contributed by atoms with Crippen LogP contribution in [0, 0.1) is 5.92 Å². The Labute approximate surface area is 189 Å². The quantitative estimate of drug-likeness (QED) is 0.678. The lowest BCUT2D eigenvalue weighted by atomic mass is 10.1. The summed E-state index contributed by atoms with van der Waals surface area (Å²) in [7, 11) is 0. The van der Waals surface area contributed by atoms with Crippen molar-refractivity contribution in [3.05, 3.63) is 33.5 Å². The Morgan fingerprint density at radius 3 is 2.71 bits per heavy atom. The first-order chi connectivity index (χ1) is 15.1. The minimum Gasteiger partial charge on any atom is -0.349 e. The van der Waals surface area contributed by atoms with Crippen LogP contribution in [0.3, 0.4) is 0 Å². The molecule has 7 nitrogen and oxygen atoms in total. The normalized spacial score (nSPS) is 19.0. The predicted octanol–water partition coefficient (Wildman–Crippen LogP) is 3.05. The molecule has 4 rings (SSSR count). The number of nitrogens with zero attached hydrogens (tertiary/aromatic N) is 5. The predicted molar refractivity (Wildman–Crippen MR) is 124 cm³/mol. The van der Waals surface area contributed by atoms with Gasteiger partial charge in [-0.25, -0.2) is 0 Å². The fourth-order valence-corrected chi connectivity index (χ4v) is 5.35. The van der Waals surface area contributed by atoms with Crippen LogP contribution in [0.1, 0.15) is 61.6 Å². The zero-order chi connectivity index (χ0) is 21.6. The van der Waals surface area contributed by atoms with E-state index in [0.29, 0.717) is 6.54 Å². The molecule has 170 valence electrons. The Morgan fingerprint density at radius 2 is 1.90 bits per heavy atom. The third kappa shape index (κ3) is 5.93. The minimum absolute atomic E-state index is 0.0348. The second-order valence-corrected chi connectivity index (χ2v) is 9.99. The van der Waals surface area contributed by atoms with Crippen LogP contribution < -0.4 is 5.32 Å². The standard InChI is InChI=1S/C23H36N6OS/c1-3-18(2)23(30)24-14-22-26-25-21-7-10-28(11-12-29(21)22)16-20-13-19(17-31-20)15-27-8-5-4-6-9-27/h13,17-18H,3-12,14-16H2,1-2H3,(H,24,30). The Bertz CT molecular complexity index is 856. The zero-order valence-corrected chi connectivity index (χ0v) is 19.8. The van der Waals surface area contributed by atoms with Gasteiger partial charge in [0.25, 0.3) is 0 Å². The van der Waals surface area contributed by atoms with Gasteiger partial charge in [0.05, 0.1) is 6.54 Å². The summed E-state index contributed by atoms with van der Waals surface area (Å²) >= 11 is 1.89. The molecule has 0 spiro atoms. The van der Waals surface area contributed by atoms with Crippen LogP contribution in [0.25, 0.3) is 0 Å². The third-order valence-corrected chi connectivity index (χ3v) is 7.59. The van der Waals surface area contributed by atoms with Crippen LogP contribution in [0.15, 0.2) is 11.4 Å². The fraction of sp³-hybridized carbons (Fsp3) is 0.696. The lowest BCUT2D eigenvalue weighted by Crippen LogP contribution is -2.30. The molecule has 1 saturated heterocycles. The van der Waals surface area contributed by atoms with Crippen molar-refractivity contribution in [3.8, 4) is 0 Å². The second kappa shape index (κ2) is 10.7. The van der Waals surface area contributed by atoms with Crippen molar-refractivity contribution < 1.29 is 4.79 Å². The molecule has 31 heavy (non-hydrogen) atoms. The van der Waals surface area contributed by atoms with Crippen molar-refractivity contribution in [1.29, 1.82) is 0 Å². The monoisotopic (exact) mass is 444 g/mol. The Morgan fingerprint density at radius 1 is 1.10 bits per heavy atom. The maximum atomic E-state index is 12.1. The van der Waals surface area contributed by atoms with E-state index in [1.165, 1.54) is 42.8 Å². The number of thiophene rings is 1. The van der Waals surface area contributed by atoms with E-state index < -0.39 is 0 Å². The molecule has 0 aliphatic carbocycles. The lowest BCUT2D eigenvalue weighted by Gasteiger charge is -2.25. The molecule has 0 saturated carbocycles. The van der Waals surface area contributed by atoms with Crippen molar-refractivity contribution in [3.63, 3.8) is 0 Å². The molecule has 1 atom stereocenters. The van der Waals surface area contributed by atoms with Crippen LogP contribution in [0.5, 0.6) is 0 Å². The molecule has 1 fully saturated rings. The average Bonchev–Trinajstić information content (AvgIpc) is 3.34. The summed E-state index contributed by atoms with van der Waals surface area (Å²) in [4.78, 5) is 18.7. The number of fused-ring (bicyclic) bond motifs is 1. The number of hydrogen-bond acceptors (Lipinski definition) is 6.